The van der Waals surface area contributed by atoms with Crippen LogP contribution in [0.25, 0.3) is 22.4 Å². The lowest BCUT2D eigenvalue weighted by molar-refractivity contribution is 0.415. The van der Waals surface area contributed by atoms with Crippen LogP contribution in [0.3, 0.4) is 0 Å². The van der Waals surface area contributed by atoms with E-state index in [1.807, 2.05) is 25.1 Å². The van der Waals surface area contributed by atoms with Gasteiger partial charge < -0.3 is 4.74 Å². The number of methoxy groups -OCH3 is 1. The number of hydrogen-bond donors (Lipinski definition) is 0. The molecule has 8 heteroatoms. The van der Waals surface area contributed by atoms with Gasteiger partial charge in [-0.3, -0.25) is 13.9 Å². The monoisotopic (exact) mass is 422 g/mol. The molecule has 0 spiro atoms. The van der Waals surface area contributed by atoms with Crippen molar-refractivity contribution < 1.29 is 4.74 Å². The Kier molecular flexibility index (Phi) is 5.37. The van der Waals surface area contributed by atoms with Gasteiger partial charge in [-0.15, -0.1) is 0 Å². The number of benzene rings is 2. The molecule has 7 nitrogen and oxygen atoms in total. The number of hydrogen-bond acceptors (Lipinski definition) is 5. The zero-order chi connectivity index (χ0) is 21.3. The van der Waals surface area contributed by atoms with Crippen LogP contribution in [0, 0.1) is 0 Å². The maximum absolute atomic E-state index is 13.1. The molecule has 0 fully saturated rings. The summed E-state index contributed by atoms with van der Waals surface area (Å²) in [5, 5.41) is 0.777. The van der Waals surface area contributed by atoms with Gasteiger partial charge in [-0.25, -0.2) is 14.8 Å². The summed E-state index contributed by atoms with van der Waals surface area (Å²) in [6, 6.07) is 14.4. The molecule has 0 unspecified atom stereocenters. The Morgan fingerprint density at radius 2 is 1.77 bits per heavy atom. The van der Waals surface area contributed by atoms with Crippen LogP contribution in [0.2, 0.25) is 5.02 Å². The summed E-state index contributed by atoms with van der Waals surface area (Å²) < 4.78 is 7.82. The maximum atomic E-state index is 13.1. The largest absolute Gasteiger partial charge is 0.497 e. The summed E-state index contributed by atoms with van der Waals surface area (Å²) in [4.78, 5) is 35.1. The molecule has 0 atom stereocenters. The highest BCUT2D eigenvalue weighted by molar-refractivity contribution is 6.31. The number of fused-ring (bicyclic) bond motifs is 1. The van der Waals surface area contributed by atoms with Gasteiger partial charge in [0.15, 0.2) is 11.5 Å². The van der Waals surface area contributed by atoms with Gasteiger partial charge in [0.05, 0.1) is 13.7 Å². The molecule has 0 saturated heterocycles. The van der Waals surface area contributed by atoms with Crippen molar-refractivity contribution in [1.82, 2.24) is 19.1 Å². The average molecular weight is 423 g/mol. The molecule has 0 amide bonds. The molecular weight excluding hydrogens is 404 g/mol. The first kappa shape index (κ1) is 19.8. The predicted octanol–water partition coefficient (Wildman–Crippen LogP) is 3.35. The predicted molar refractivity (Wildman–Crippen MR) is 116 cm³/mol. The normalized spacial score (nSPS) is 11.0. The minimum absolute atomic E-state index is 0.0769. The Morgan fingerprint density at radius 3 is 2.43 bits per heavy atom. The summed E-state index contributed by atoms with van der Waals surface area (Å²) in [5.74, 6) is 1.14. The molecule has 4 rings (SSSR count). The third kappa shape index (κ3) is 3.48. The number of aryl methyl sites for hydroxylation is 1. The van der Waals surface area contributed by atoms with E-state index in [9.17, 15) is 9.59 Å². The van der Waals surface area contributed by atoms with Crippen LogP contribution < -0.4 is 16.0 Å². The molecule has 0 N–H and O–H groups in total. The molecule has 0 aliphatic rings. The first-order valence-corrected chi connectivity index (χ1v) is 9.79. The van der Waals surface area contributed by atoms with E-state index < -0.39 is 11.2 Å². The number of aromatic nitrogens is 4. The van der Waals surface area contributed by atoms with Crippen LogP contribution >= 0.6 is 11.6 Å². The summed E-state index contributed by atoms with van der Waals surface area (Å²) in [7, 11) is 1.59. The topological polar surface area (TPSA) is 79.0 Å². The van der Waals surface area contributed by atoms with Crippen LogP contribution in [-0.4, -0.2) is 26.2 Å². The summed E-state index contributed by atoms with van der Waals surface area (Å²) in [6.07, 6.45) is 1.47. The zero-order valence-corrected chi connectivity index (χ0v) is 17.3. The van der Waals surface area contributed by atoms with E-state index in [1.54, 1.807) is 37.4 Å². The lowest BCUT2D eigenvalue weighted by Crippen LogP contribution is -2.40. The van der Waals surface area contributed by atoms with Gasteiger partial charge in [-0.1, -0.05) is 29.8 Å². The SMILES string of the molecule is CCn1c(=O)n(Cc2ccccc2Cl)c(=O)c2cnc(-c3ccc(OC)cc3)nc21. The van der Waals surface area contributed by atoms with E-state index in [1.165, 1.54) is 15.3 Å². The van der Waals surface area contributed by atoms with E-state index in [0.717, 1.165) is 5.56 Å². The summed E-state index contributed by atoms with van der Waals surface area (Å²) >= 11 is 6.22. The van der Waals surface area contributed by atoms with E-state index in [2.05, 4.69) is 9.97 Å². The Labute approximate surface area is 177 Å². The second-order valence-electron chi connectivity index (χ2n) is 6.67. The third-order valence-electron chi connectivity index (χ3n) is 4.91. The fraction of sp³-hybridized carbons (Fsp3) is 0.182. The van der Waals surface area contributed by atoms with Gasteiger partial charge in [0.1, 0.15) is 11.1 Å². The highest BCUT2D eigenvalue weighted by Crippen LogP contribution is 2.20. The minimum Gasteiger partial charge on any atom is -0.497 e. The summed E-state index contributed by atoms with van der Waals surface area (Å²) in [6.45, 7) is 2.27. The number of ether oxygens (including phenoxy) is 1. The molecule has 2 heterocycles. The Hall–Kier alpha value is -3.45. The highest BCUT2D eigenvalue weighted by Gasteiger charge is 2.16. The lowest BCUT2D eigenvalue weighted by Gasteiger charge is -2.13. The first-order chi connectivity index (χ1) is 14.5. The number of rotatable bonds is 5. The van der Waals surface area contributed by atoms with Crippen LogP contribution in [0.5, 0.6) is 5.75 Å². The Bertz CT molecular complexity index is 1340. The summed E-state index contributed by atoms with van der Waals surface area (Å²) in [5.41, 5.74) is 0.878. The quantitative estimate of drug-likeness (QED) is 0.492. The Balaban J connectivity index is 1.88. The van der Waals surface area contributed by atoms with Crippen LogP contribution in [0.1, 0.15) is 12.5 Å². The lowest BCUT2D eigenvalue weighted by atomic mass is 10.2. The zero-order valence-electron chi connectivity index (χ0n) is 16.5. The van der Waals surface area contributed by atoms with Crippen molar-refractivity contribution in [3.63, 3.8) is 0 Å². The molecule has 0 aliphatic carbocycles. The number of nitrogens with zero attached hydrogens (tertiary/aromatic N) is 4. The van der Waals surface area contributed by atoms with Crippen molar-refractivity contribution in [2.75, 3.05) is 7.11 Å². The molecule has 0 aliphatic heterocycles. The minimum atomic E-state index is -0.444. The van der Waals surface area contributed by atoms with Crippen molar-refractivity contribution in [2.24, 2.45) is 0 Å². The van der Waals surface area contributed by atoms with Gasteiger partial charge in [0.25, 0.3) is 5.56 Å². The van der Waals surface area contributed by atoms with E-state index in [0.29, 0.717) is 34.4 Å². The van der Waals surface area contributed by atoms with E-state index in [4.69, 9.17) is 16.3 Å². The average Bonchev–Trinajstić information content (AvgIpc) is 2.78. The Morgan fingerprint density at radius 1 is 1.03 bits per heavy atom. The molecule has 4 aromatic rings. The van der Waals surface area contributed by atoms with E-state index in [-0.39, 0.29) is 11.9 Å². The molecule has 2 aromatic carbocycles. The van der Waals surface area contributed by atoms with Crippen LogP contribution in [-0.2, 0) is 13.1 Å². The maximum Gasteiger partial charge on any atom is 0.332 e. The molecule has 0 bridgehead atoms. The molecule has 0 saturated carbocycles. The van der Waals surface area contributed by atoms with Gasteiger partial charge in [-0.05, 0) is 42.8 Å². The fourth-order valence-electron chi connectivity index (χ4n) is 3.30. The van der Waals surface area contributed by atoms with Gasteiger partial charge in [0, 0.05) is 23.3 Å². The van der Waals surface area contributed by atoms with Gasteiger partial charge in [0.2, 0.25) is 0 Å². The van der Waals surface area contributed by atoms with E-state index >= 15 is 0 Å². The molecular formula is C22H19ClN4O3. The second kappa shape index (κ2) is 8.12. The highest BCUT2D eigenvalue weighted by atomic mass is 35.5. The standard InChI is InChI=1S/C22H19ClN4O3/c1-3-26-20-17(12-24-19(25-20)14-8-10-16(30-2)11-9-14)21(28)27(22(26)29)13-15-6-4-5-7-18(15)23/h4-12H,3,13H2,1-2H3. The van der Waals surface area contributed by atoms with Gasteiger partial charge in [-0.2, -0.15) is 0 Å². The van der Waals surface area contributed by atoms with Gasteiger partial charge >= 0.3 is 5.69 Å². The van der Waals surface area contributed by atoms with Crippen molar-refractivity contribution >= 4 is 22.6 Å². The first-order valence-electron chi connectivity index (χ1n) is 9.41. The van der Waals surface area contributed by atoms with Crippen molar-refractivity contribution in [3.8, 4) is 17.1 Å². The molecule has 152 valence electrons. The van der Waals surface area contributed by atoms with Crippen molar-refractivity contribution in [1.29, 1.82) is 0 Å². The number of halogens is 1. The van der Waals surface area contributed by atoms with Crippen LogP contribution in [0.15, 0.2) is 64.3 Å². The molecule has 2 aromatic heterocycles. The van der Waals surface area contributed by atoms with Crippen LogP contribution in [0.4, 0.5) is 0 Å². The second-order valence-corrected chi connectivity index (χ2v) is 7.08. The molecule has 30 heavy (non-hydrogen) atoms. The van der Waals surface area contributed by atoms with Crippen molar-refractivity contribution in [2.45, 2.75) is 20.0 Å². The molecule has 0 radical (unpaired) electrons. The van der Waals surface area contributed by atoms with Crippen molar-refractivity contribution in [3.05, 3.63) is 86.2 Å². The third-order valence-corrected chi connectivity index (χ3v) is 5.28. The smallest absolute Gasteiger partial charge is 0.332 e. The fourth-order valence-corrected chi connectivity index (χ4v) is 3.49.